The Balaban J connectivity index is 1.55. The molecule has 1 aromatic heterocycles. The number of fused-ring (bicyclic) bond motifs is 1. The first-order valence-corrected chi connectivity index (χ1v) is 11.8. The molecule has 2 heterocycles. The largest absolute Gasteiger partial charge is 0.462 e. The molecule has 2 aromatic carbocycles. The topological polar surface area (TPSA) is 92.8 Å². The number of hydrogen-bond donors (Lipinski definition) is 1. The Hall–Kier alpha value is -3.30. The Morgan fingerprint density at radius 3 is 2.27 bits per heavy atom. The summed E-state index contributed by atoms with van der Waals surface area (Å²) in [5, 5.41) is 3.10. The summed E-state index contributed by atoms with van der Waals surface area (Å²) in [5.74, 6) is -1.65. The third-order valence-electron chi connectivity index (χ3n) is 5.00. The molecule has 33 heavy (non-hydrogen) atoms. The Morgan fingerprint density at radius 1 is 1.03 bits per heavy atom. The summed E-state index contributed by atoms with van der Waals surface area (Å²) in [4.78, 5) is 52.2. The standard InChI is InChI=1S/C24H19BrN2O5S/c1-2-32-24(31)19-12-16(13-27-22(29)17-5-3-4-6-18(17)23(27)30)33-21(19)26-20(28)11-14-7-9-15(25)10-8-14/h3-10,12H,2,11,13H2,1H3,(H,26,28). The van der Waals surface area contributed by atoms with E-state index in [9.17, 15) is 19.2 Å². The first-order chi connectivity index (χ1) is 15.9. The maximum Gasteiger partial charge on any atom is 0.341 e. The molecule has 0 atom stereocenters. The molecule has 0 saturated heterocycles. The van der Waals surface area contributed by atoms with Gasteiger partial charge in [-0.2, -0.15) is 0 Å². The number of imide groups is 1. The summed E-state index contributed by atoms with van der Waals surface area (Å²) in [5.41, 5.74) is 1.72. The molecule has 4 rings (SSSR count). The molecule has 3 aromatic rings. The molecule has 1 N–H and O–H groups in total. The van der Waals surface area contributed by atoms with Gasteiger partial charge < -0.3 is 10.1 Å². The van der Waals surface area contributed by atoms with Crippen molar-refractivity contribution < 1.29 is 23.9 Å². The lowest BCUT2D eigenvalue weighted by atomic mass is 10.1. The first kappa shape index (κ1) is 22.9. The van der Waals surface area contributed by atoms with Gasteiger partial charge in [0.2, 0.25) is 5.91 Å². The average Bonchev–Trinajstić information content (AvgIpc) is 3.30. The molecule has 1 aliphatic rings. The molecule has 0 radical (unpaired) electrons. The predicted molar refractivity (Wildman–Crippen MR) is 127 cm³/mol. The monoisotopic (exact) mass is 526 g/mol. The van der Waals surface area contributed by atoms with Crippen molar-refractivity contribution in [3.8, 4) is 0 Å². The van der Waals surface area contributed by atoms with Gasteiger partial charge in [0.25, 0.3) is 11.8 Å². The molecule has 0 aliphatic carbocycles. The second-order valence-electron chi connectivity index (χ2n) is 7.27. The molecule has 0 bridgehead atoms. The van der Waals surface area contributed by atoms with Crippen LogP contribution >= 0.6 is 27.3 Å². The Morgan fingerprint density at radius 2 is 1.67 bits per heavy atom. The van der Waals surface area contributed by atoms with Crippen molar-refractivity contribution in [2.75, 3.05) is 11.9 Å². The van der Waals surface area contributed by atoms with Crippen LogP contribution in [0.5, 0.6) is 0 Å². The zero-order chi connectivity index (χ0) is 23.5. The third kappa shape index (κ3) is 4.89. The number of carbonyl (C=O) groups is 4. The van der Waals surface area contributed by atoms with Gasteiger partial charge in [-0.25, -0.2) is 4.79 Å². The van der Waals surface area contributed by atoms with Crippen LogP contribution in [-0.4, -0.2) is 35.2 Å². The van der Waals surface area contributed by atoms with Crippen LogP contribution < -0.4 is 5.32 Å². The van der Waals surface area contributed by atoms with Gasteiger partial charge in [-0.1, -0.05) is 40.2 Å². The lowest BCUT2D eigenvalue weighted by Crippen LogP contribution is -2.28. The van der Waals surface area contributed by atoms with Crippen molar-refractivity contribution in [3.63, 3.8) is 0 Å². The van der Waals surface area contributed by atoms with Crippen LogP contribution in [0.2, 0.25) is 0 Å². The van der Waals surface area contributed by atoms with E-state index in [4.69, 9.17) is 4.74 Å². The van der Waals surface area contributed by atoms with E-state index in [-0.39, 0.29) is 42.9 Å². The summed E-state index contributed by atoms with van der Waals surface area (Å²) in [7, 11) is 0. The minimum atomic E-state index is -0.582. The molecule has 7 nitrogen and oxygen atoms in total. The van der Waals surface area contributed by atoms with Crippen LogP contribution in [0.4, 0.5) is 5.00 Å². The molecule has 0 fully saturated rings. The number of nitrogens with zero attached hydrogens (tertiary/aromatic N) is 1. The van der Waals surface area contributed by atoms with Gasteiger partial charge in [0.15, 0.2) is 0 Å². The van der Waals surface area contributed by atoms with Crippen LogP contribution in [0, 0.1) is 0 Å². The van der Waals surface area contributed by atoms with Crippen LogP contribution in [0.25, 0.3) is 0 Å². The summed E-state index contributed by atoms with van der Waals surface area (Å²) < 4.78 is 6.03. The van der Waals surface area contributed by atoms with Crippen LogP contribution in [0.15, 0.2) is 59.1 Å². The Labute approximate surface area is 202 Å². The molecule has 9 heteroatoms. The van der Waals surface area contributed by atoms with Gasteiger partial charge in [0.1, 0.15) is 5.00 Å². The summed E-state index contributed by atoms with van der Waals surface area (Å²) in [6.45, 7) is 1.86. The molecule has 3 amide bonds. The van der Waals surface area contributed by atoms with Crippen LogP contribution in [0.1, 0.15) is 48.4 Å². The number of halogens is 1. The summed E-state index contributed by atoms with van der Waals surface area (Å²) in [6.07, 6.45) is 0.126. The number of carbonyl (C=O) groups excluding carboxylic acids is 4. The Bertz CT molecular complexity index is 1220. The van der Waals surface area contributed by atoms with E-state index < -0.39 is 5.97 Å². The van der Waals surface area contributed by atoms with Gasteiger partial charge >= 0.3 is 5.97 Å². The smallest absolute Gasteiger partial charge is 0.341 e. The molecule has 1 aliphatic heterocycles. The number of nitrogens with one attached hydrogen (secondary N) is 1. The fourth-order valence-corrected chi connectivity index (χ4v) is 4.78. The van der Waals surface area contributed by atoms with Gasteiger partial charge in [-0.05, 0) is 42.8 Å². The summed E-state index contributed by atoms with van der Waals surface area (Å²) >= 11 is 4.50. The number of hydrogen-bond acceptors (Lipinski definition) is 6. The highest BCUT2D eigenvalue weighted by Crippen LogP contribution is 2.32. The molecule has 0 saturated carbocycles. The fourth-order valence-electron chi connectivity index (χ4n) is 3.47. The lowest BCUT2D eigenvalue weighted by molar-refractivity contribution is -0.115. The molecule has 168 valence electrons. The third-order valence-corrected chi connectivity index (χ3v) is 6.57. The quantitative estimate of drug-likeness (QED) is 0.356. The Kier molecular flexibility index (Phi) is 6.71. The maximum atomic E-state index is 12.7. The van der Waals surface area contributed by atoms with Gasteiger partial charge in [0.05, 0.1) is 36.3 Å². The maximum absolute atomic E-state index is 12.7. The highest BCUT2D eigenvalue weighted by atomic mass is 79.9. The second-order valence-corrected chi connectivity index (χ2v) is 9.32. The first-order valence-electron chi connectivity index (χ1n) is 10.2. The van der Waals surface area contributed by atoms with E-state index in [0.29, 0.717) is 21.0 Å². The highest BCUT2D eigenvalue weighted by molar-refractivity contribution is 9.10. The number of esters is 1. The van der Waals surface area contributed by atoms with Gasteiger partial charge in [0, 0.05) is 9.35 Å². The average molecular weight is 527 g/mol. The zero-order valence-electron chi connectivity index (χ0n) is 17.6. The molecular weight excluding hydrogens is 508 g/mol. The number of thiophene rings is 1. The zero-order valence-corrected chi connectivity index (χ0v) is 20.0. The van der Waals surface area contributed by atoms with E-state index in [1.165, 1.54) is 0 Å². The van der Waals surface area contributed by atoms with Crippen molar-refractivity contribution in [2.24, 2.45) is 0 Å². The number of rotatable bonds is 7. The molecule has 0 unspecified atom stereocenters. The number of ether oxygens (including phenoxy) is 1. The van der Waals surface area contributed by atoms with Crippen molar-refractivity contribution in [1.29, 1.82) is 0 Å². The second kappa shape index (κ2) is 9.68. The van der Waals surface area contributed by atoms with E-state index in [1.807, 2.05) is 24.3 Å². The fraction of sp³-hybridized carbons (Fsp3) is 0.167. The van der Waals surface area contributed by atoms with E-state index >= 15 is 0 Å². The normalized spacial score (nSPS) is 12.6. The minimum Gasteiger partial charge on any atom is -0.462 e. The van der Waals surface area contributed by atoms with E-state index in [0.717, 1.165) is 26.3 Å². The minimum absolute atomic E-state index is 0.00794. The van der Waals surface area contributed by atoms with Gasteiger partial charge in [-0.15, -0.1) is 11.3 Å². The molecular formula is C24H19BrN2O5S. The lowest BCUT2D eigenvalue weighted by Gasteiger charge is -2.12. The predicted octanol–water partition coefficient (Wildman–Crippen LogP) is 4.66. The van der Waals surface area contributed by atoms with Crippen molar-refractivity contribution in [3.05, 3.63) is 86.2 Å². The van der Waals surface area contributed by atoms with Crippen LogP contribution in [-0.2, 0) is 22.5 Å². The van der Waals surface area contributed by atoms with Crippen molar-refractivity contribution in [2.45, 2.75) is 19.9 Å². The van der Waals surface area contributed by atoms with Crippen molar-refractivity contribution in [1.82, 2.24) is 4.90 Å². The summed E-state index contributed by atoms with van der Waals surface area (Å²) in [6, 6.07) is 15.5. The number of amides is 3. The van der Waals surface area contributed by atoms with Gasteiger partial charge in [-0.3, -0.25) is 19.3 Å². The number of benzene rings is 2. The highest BCUT2D eigenvalue weighted by Gasteiger charge is 2.35. The van der Waals surface area contributed by atoms with Crippen LogP contribution in [0.3, 0.4) is 0 Å². The number of anilines is 1. The molecule has 0 spiro atoms. The van der Waals surface area contributed by atoms with E-state index in [2.05, 4.69) is 21.2 Å². The van der Waals surface area contributed by atoms with E-state index in [1.54, 1.807) is 37.3 Å². The SMILES string of the molecule is CCOC(=O)c1cc(CN2C(=O)c3ccccc3C2=O)sc1NC(=O)Cc1ccc(Br)cc1. The van der Waals surface area contributed by atoms with Crippen molar-refractivity contribution >= 4 is 56.0 Å².